The van der Waals surface area contributed by atoms with Crippen LogP contribution in [0, 0.1) is 0 Å². The highest BCUT2D eigenvalue weighted by Gasteiger charge is 2.16. The van der Waals surface area contributed by atoms with Crippen LogP contribution in [0.3, 0.4) is 0 Å². The van der Waals surface area contributed by atoms with Crippen molar-refractivity contribution in [2.75, 3.05) is 0 Å². The molecule has 1 atom stereocenters. The Labute approximate surface area is 115 Å². The van der Waals surface area contributed by atoms with Gasteiger partial charge >= 0.3 is 0 Å². The molecule has 0 bridgehead atoms. The Balaban J connectivity index is 2.12. The molecular weight excluding hydrogens is 236 g/mol. The molecule has 0 aromatic carbocycles. The quantitative estimate of drug-likeness (QED) is 0.830. The largest absolute Gasteiger partial charge is 0.305 e. The molecule has 1 unspecified atom stereocenters. The number of aromatic nitrogens is 3. The zero-order chi connectivity index (χ0) is 13.7. The van der Waals surface area contributed by atoms with E-state index >= 15 is 0 Å². The number of rotatable bonds is 7. The van der Waals surface area contributed by atoms with E-state index in [1.807, 2.05) is 24.4 Å². The summed E-state index contributed by atoms with van der Waals surface area (Å²) < 4.78 is 2.06. The molecule has 2 rings (SSSR count). The van der Waals surface area contributed by atoms with Crippen LogP contribution in [0.4, 0.5) is 0 Å². The highest BCUT2D eigenvalue weighted by molar-refractivity contribution is 5.37. The van der Waals surface area contributed by atoms with Crippen molar-refractivity contribution in [1.29, 1.82) is 0 Å². The Morgan fingerprint density at radius 1 is 1.16 bits per heavy atom. The Kier molecular flexibility index (Phi) is 4.91. The lowest BCUT2D eigenvalue weighted by Crippen LogP contribution is -2.32. The summed E-state index contributed by atoms with van der Waals surface area (Å²) in [5, 5.41) is 12.2. The van der Waals surface area contributed by atoms with Gasteiger partial charge in [-0.2, -0.15) is 0 Å². The molecule has 2 aromatic heterocycles. The predicted molar refractivity (Wildman–Crippen MR) is 78.1 cm³/mol. The smallest absolute Gasteiger partial charge is 0.160 e. The van der Waals surface area contributed by atoms with Crippen molar-refractivity contribution in [3.05, 3.63) is 30.2 Å². The molecular formula is C15H24N4. The molecule has 2 aromatic rings. The fourth-order valence-corrected chi connectivity index (χ4v) is 2.59. The third-order valence-electron chi connectivity index (χ3n) is 3.49. The molecule has 104 valence electrons. The second-order valence-electron chi connectivity index (χ2n) is 5.15. The molecule has 0 aliphatic carbocycles. The lowest BCUT2D eigenvalue weighted by molar-refractivity contribution is 0.392. The second kappa shape index (κ2) is 6.66. The van der Waals surface area contributed by atoms with Gasteiger partial charge in [-0.3, -0.25) is 4.40 Å². The summed E-state index contributed by atoms with van der Waals surface area (Å²) in [7, 11) is 0. The third-order valence-corrected chi connectivity index (χ3v) is 3.49. The van der Waals surface area contributed by atoms with Gasteiger partial charge in [-0.15, -0.1) is 10.2 Å². The average Bonchev–Trinajstić information content (AvgIpc) is 2.83. The molecule has 19 heavy (non-hydrogen) atoms. The van der Waals surface area contributed by atoms with Gasteiger partial charge in [0, 0.05) is 12.2 Å². The molecule has 2 heterocycles. The summed E-state index contributed by atoms with van der Waals surface area (Å²) in [6, 6.07) is 6.78. The van der Waals surface area contributed by atoms with Crippen LogP contribution < -0.4 is 5.32 Å². The molecule has 4 heteroatoms. The summed E-state index contributed by atoms with van der Waals surface area (Å²) >= 11 is 0. The number of nitrogens with one attached hydrogen (secondary N) is 1. The van der Waals surface area contributed by atoms with E-state index in [-0.39, 0.29) is 6.04 Å². The number of pyridine rings is 1. The van der Waals surface area contributed by atoms with Gasteiger partial charge in [0.05, 0.1) is 6.04 Å². The number of hydrogen-bond donors (Lipinski definition) is 1. The van der Waals surface area contributed by atoms with Gasteiger partial charge in [-0.1, -0.05) is 32.8 Å². The van der Waals surface area contributed by atoms with Gasteiger partial charge in [0.2, 0.25) is 0 Å². The van der Waals surface area contributed by atoms with Crippen LogP contribution in [0.1, 0.15) is 58.3 Å². The van der Waals surface area contributed by atoms with E-state index in [2.05, 4.69) is 40.7 Å². The van der Waals surface area contributed by atoms with Crippen LogP contribution in [0.5, 0.6) is 0 Å². The molecule has 0 amide bonds. The number of fused-ring (bicyclic) bond motifs is 1. The highest BCUT2D eigenvalue weighted by atomic mass is 15.3. The topological polar surface area (TPSA) is 42.2 Å². The van der Waals surface area contributed by atoms with E-state index in [0.717, 1.165) is 11.5 Å². The molecule has 0 spiro atoms. The molecule has 0 saturated carbocycles. The maximum Gasteiger partial charge on any atom is 0.160 e. The first-order valence-corrected chi connectivity index (χ1v) is 7.32. The van der Waals surface area contributed by atoms with E-state index in [9.17, 15) is 0 Å². The number of hydrogen-bond acceptors (Lipinski definition) is 3. The lowest BCUT2D eigenvalue weighted by Gasteiger charge is -2.21. The lowest BCUT2D eigenvalue weighted by atomic mass is 10.1. The summed E-state index contributed by atoms with van der Waals surface area (Å²) in [6.07, 6.45) is 6.89. The van der Waals surface area contributed by atoms with E-state index in [0.29, 0.717) is 6.04 Å². The minimum Gasteiger partial charge on any atom is -0.305 e. The SMILES string of the molecule is CCCC(CCC)NC(C)c1nnc2ccccn12. The first-order chi connectivity index (χ1) is 9.26. The predicted octanol–water partition coefficient (Wildman–Crippen LogP) is 3.35. The van der Waals surface area contributed by atoms with E-state index in [1.54, 1.807) is 0 Å². The number of nitrogens with zero attached hydrogens (tertiary/aromatic N) is 3. The second-order valence-corrected chi connectivity index (χ2v) is 5.15. The van der Waals surface area contributed by atoms with Gasteiger partial charge in [0.1, 0.15) is 0 Å². The van der Waals surface area contributed by atoms with E-state index in [1.165, 1.54) is 25.7 Å². The maximum absolute atomic E-state index is 4.32. The van der Waals surface area contributed by atoms with Crippen molar-refractivity contribution in [2.45, 2.75) is 58.5 Å². The zero-order valence-electron chi connectivity index (χ0n) is 12.1. The molecule has 0 radical (unpaired) electrons. The van der Waals surface area contributed by atoms with Gasteiger partial charge in [-0.25, -0.2) is 0 Å². The molecule has 1 N–H and O–H groups in total. The third kappa shape index (κ3) is 3.32. The summed E-state index contributed by atoms with van der Waals surface area (Å²) in [4.78, 5) is 0. The maximum atomic E-state index is 4.32. The van der Waals surface area contributed by atoms with Crippen LogP contribution in [0.15, 0.2) is 24.4 Å². The van der Waals surface area contributed by atoms with Gasteiger partial charge < -0.3 is 5.32 Å². The van der Waals surface area contributed by atoms with Crippen molar-refractivity contribution >= 4 is 5.65 Å². The minimum absolute atomic E-state index is 0.223. The van der Waals surface area contributed by atoms with E-state index < -0.39 is 0 Å². The first-order valence-electron chi connectivity index (χ1n) is 7.32. The molecule has 0 fully saturated rings. The molecule has 0 saturated heterocycles. The standard InChI is InChI=1S/C15H24N4/c1-4-8-13(9-5-2)16-12(3)15-18-17-14-10-6-7-11-19(14)15/h6-7,10-13,16H,4-5,8-9H2,1-3H3. The fraction of sp³-hybridized carbons (Fsp3) is 0.600. The van der Waals surface area contributed by atoms with Crippen LogP contribution in [-0.4, -0.2) is 20.6 Å². The van der Waals surface area contributed by atoms with Gasteiger partial charge in [0.25, 0.3) is 0 Å². The van der Waals surface area contributed by atoms with Crippen molar-refractivity contribution < 1.29 is 0 Å². The van der Waals surface area contributed by atoms with Crippen LogP contribution in [0.2, 0.25) is 0 Å². The van der Waals surface area contributed by atoms with Gasteiger partial charge in [0.15, 0.2) is 11.5 Å². The Morgan fingerprint density at radius 3 is 2.58 bits per heavy atom. The Bertz CT molecular complexity index is 500. The van der Waals surface area contributed by atoms with Gasteiger partial charge in [-0.05, 0) is 31.9 Å². The monoisotopic (exact) mass is 260 g/mol. The van der Waals surface area contributed by atoms with Crippen molar-refractivity contribution in [3.63, 3.8) is 0 Å². The Hall–Kier alpha value is -1.42. The van der Waals surface area contributed by atoms with Crippen molar-refractivity contribution in [1.82, 2.24) is 19.9 Å². The average molecular weight is 260 g/mol. The fourth-order valence-electron chi connectivity index (χ4n) is 2.59. The molecule has 0 aliphatic rings. The first kappa shape index (κ1) is 14.0. The highest BCUT2D eigenvalue weighted by Crippen LogP contribution is 2.15. The summed E-state index contributed by atoms with van der Waals surface area (Å²) in [6.45, 7) is 6.64. The minimum atomic E-state index is 0.223. The zero-order valence-corrected chi connectivity index (χ0v) is 12.1. The van der Waals surface area contributed by atoms with Crippen molar-refractivity contribution in [3.8, 4) is 0 Å². The Morgan fingerprint density at radius 2 is 1.89 bits per heavy atom. The normalized spacial score (nSPS) is 13.3. The molecule has 0 aliphatic heterocycles. The van der Waals surface area contributed by atoms with Crippen LogP contribution in [-0.2, 0) is 0 Å². The summed E-state index contributed by atoms with van der Waals surface area (Å²) in [5.41, 5.74) is 0.911. The van der Waals surface area contributed by atoms with Crippen LogP contribution in [0.25, 0.3) is 5.65 Å². The van der Waals surface area contributed by atoms with Crippen LogP contribution >= 0.6 is 0 Å². The van der Waals surface area contributed by atoms with Crippen molar-refractivity contribution in [2.24, 2.45) is 0 Å². The molecule has 4 nitrogen and oxygen atoms in total. The van der Waals surface area contributed by atoms with E-state index in [4.69, 9.17) is 0 Å². The summed E-state index contributed by atoms with van der Waals surface area (Å²) in [5.74, 6) is 0.993.